The number of carbonyl (C=O) groups excluding carboxylic acids is 1. The van der Waals surface area contributed by atoms with Crippen LogP contribution in [0.25, 0.3) is 0 Å². The summed E-state index contributed by atoms with van der Waals surface area (Å²) >= 11 is 6.12. The van der Waals surface area contributed by atoms with Gasteiger partial charge in [-0.2, -0.15) is 0 Å². The number of para-hydroxylation sites is 1. The molecule has 2 unspecified atom stereocenters. The minimum Gasteiger partial charge on any atom is -0.487 e. The molecule has 24 heavy (non-hydrogen) atoms. The van der Waals surface area contributed by atoms with Gasteiger partial charge in [0.05, 0.1) is 22.9 Å². The van der Waals surface area contributed by atoms with Crippen LogP contribution in [-0.4, -0.2) is 24.6 Å². The Labute approximate surface area is 146 Å². The first-order valence-electron chi connectivity index (χ1n) is 7.84. The van der Waals surface area contributed by atoms with Gasteiger partial charge < -0.3 is 20.7 Å². The molecule has 3 N–H and O–H groups in total. The summed E-state index contributed by atoms with van der Waals surface area (Å²) in [6.07, 6.45) is -0.0170. The average molecular weight is 346 g/mol. The first-order valence-corrected chi connectivity index (χ1v) is 8.21. The maximum absolute atomic E-state index is 12.7. The first-order chi connectivity index (χ1) is 11.5. The summed E-state index contributed by atoms with van der Waals surface area (Å²) in [6.45, 7) is 4.44. The van der Waals surface area contributed by atoms with E-state index in [2.05, 4.69) is 5.32 Å². The summed E-state index contributed by atoms with van der Waals surface area (Å²) in [7, 11) is 0. The molecule has 126 valence electrons. The van der Waals surface area contributed by atoms with Crippen molar-refractivity contribution in [2.45, 2.75) is 26.0 Å². The van der Waals surface area contributed by atoms with E-state index in [0.717, 1.165) is 11.4 Å². The summed E-state index contributed by atoms with van der Waals surface area (Å²) in [4.78, 5) is 14.7. The van der Waals surface area contributed by atoms with Gasteiger partial charge in [-0.3, -0.25) is 4.79 Å². The standard InChI is InChI=1S/C18H20ClN3O2/c1-11-10-22(16-9-13(20)7-8-17(16)24-11)12(2)18(23)21-15-6-4-3-5-14(15)19/h3-9,11-12H,10,20H2,1-2H3,(H,21,23). The minimum atomic E-state index is -0.395. The highest BCUT2D eigenvalue weighted by atomic mass is 35.5. The SMILES string of the molecule is CC1CN(C(C)C(=O)Nc2ccccc2Cl)c2cc(N)ccc2O1. The Bertz CT molecular complexity index is 766. The van der Waals surface area contributed by atoms with Gasteiger partial charge in [-0.15, -0.1) is 0 Å². The number of fused-ring (bicyclic) bond motifs is 1. The number of benzene rings is 2. The molecule has 0 saturated carbocycles. The Morgan fingerprint density at radius 1 is 1.38 bits per heavy atom. The molecule has 0 saturated heterocycles. The molecule has 1 aliphatic rings. The van der Waals surface area contributed by atoms with Crippen LogP contribution >= 0.6 is 11.6 Å². The van der Waals surface area contributed by atoms with Gasteiger partial charge in [0.2, 0.25) is 5.91 Å². The van der Waals surface area contributed by atoms with E-state index in [0.29, 0.717) is 22.9 Å². The summed E-state index contributed by atoms with van der Waals surface area (Å²) in [5.74, 6) is 0.603. The van der Waals surface area contributed by atoms with E-state index >= 15 is 0 Å². The van der Waals surface area contributed by atoms with Gasteiger partial charge in [-0.05, 0) is 44.2 Å². The molecule has 3 rings (SSSR count). The van der Waals surface area contributed by atoms with Crippen molar-refractivity contribution in [3.8, 4) is 5.75 Å². The molecular formula is C18H20ClN3O2. The number of hydrogen-bond acceptors (Lipinski definition) is 4. The molecule has 0 spiro atoms. The fraction of sp³-hybridized carbons (Fsp3) is 0.278. The average Bonchev–Trinajstić information content (AvgIpc) is 2.56. The van der Waals surface area contributed by atoms with Crippen molar-refractivity contribution in [3.05, 3.63) is 47.5 Å². The predicted molar refractivity (Wildman–Crippen MR) is 97.8 cm³/mol. The van der Waals surface area contributed by atoms with Crippen molar-refractivity contribution in [1.29, 1.82) is 0 Å². The fourth-order valence-corrected chi connectivity index (χ4v) is 2.98. The van der Waals surface area contributed by atoms with Crippen molar-refractivity contribution in [3.63, 3.8) is 0 Å². The lowest BCUT2D eigenvalue weighted by molar-refractivity contribution is -0.117. The number of nitrogens with one attached hydrogen (secondary N) is 1. The van der Waals surface area contributed by atoms with Gasteiger partial charge in [0.15, 0.2) is 0 Å². The van der Waals surface area contributed by atoms with Gasteiger partial charge in [0.25, 0.3) is 0 Å². The zero-order chi connectivity index (χ0) is 17.3. The third kappa shape index (κ3) is 3.26. The van der Waals surface area contributed by atoms with E-state index in [4.69, 9.17) is 22.1 Å². The second-order valence-electron chi connectivity index (χ2n) is 5.95. The van der Waals surface area contributed by atoms with Crippen molar-refractivity contribution in [1.82, 2.24) is 0 Å². The number of halogens is 1. The third-order valence-corrected chi connectivity index (χ3v) is 4.38. The van der Waals surface area contributed by atoms with Crippen LogP contribution < -0.4 is 20.7 Å². The maximum atomic E-state index is 12.7. The highest BCUT2D eigenvalue weighted by Gasteiger charge is 2.30. The van der Waals surface area contributed by atoms with Crippen molar-refractivity contribution >= 4 is 34.6 Å². The zero-order valence-electron chi connectivity index (χ0n) is 13.6. The van der Waals surface area contributed by atoms with Crippen LogP contribution in [-0.2, 0) is 4.79 Å². The van der Waals surface area contributed by atoms with Gasteiger partial charge in [-0.25, -0.2) is 0 Å². The molecule has 6 heteroatoms. The summed E-state index contributed by atoms with van der Waals surface area (Å²) in [5, 5.41) is 3.39. The molecule has 0 radical (unpaired) electrons. The highest BCUT2D eigenvalue weighted by molar-refractivity contribution is 6.33. The Hall–Kier alpha value is -2.40. The van der Waals surface area contributed by atoms with E-state index in [1.165, 1.54) is 0 Å². The maximum Gasteiger partial charge on any atom is 0.246 e. The monoisotopic (exact) mass is 345 g/mol. The van der Waals surface area contributed by atoms with Crippen molar-refractivity contribution in [2.24, 2.45) is 0 Å². The lowest BCUT2D eigenvalue weighted by Crippen LogP contribution is -2.48. The number of nitrogens with two attached hydrogens (primary N) is 1. The number of anilines is 3. The Morgan fingerprint density at radius 3 is 2.88 bits per heavy atom. The topological polar surface area (TPSA) is 67.6 Å². The van der Waals surface area contributed by atoms with E-state index in [1.807, 2.05) is 43.0 Å². The number of rotatable bonds is 3. The van der Waals surface area contributed by atoms with Crippen LogP contribution in [0.2, 0.25) is 5.02 Å². The lowest BCUT2D eigenvalue weighted by atomic mass is 10.1. The van der Waals surface area contributed by atoms with Gasteiger partial charge in [-0.1, -0.05) is 23.7 Å². The second kappa shape index (κ2) is 6.61. The number of amides is 1. The normalized spacial score (nSPS) is 17.6. The molecule has 1 heterocycles. The molecular weight excluding hydrogens is 326 g/mol. The quantitative estimate of drug-likeness (QED) is 0.835. The Balaban J connectivity index is 1.84. The number of ether oxygens (including phenoxy) is 1. The fourth-order valence-electron chi connectivity index (χ4n) is 2.80. The smallest absolute Gasteiger partial charge is 0.246 e. The van der Waals surface area contributed by atoms with Crippen molar-refractivity contribution in [2.75, 3.05) is 22.5 Å². The second-order valence-corrected chi connectivity index (χ2v) is 6.36. The van der Waals surface area contributed by atoms with E-state index in [-0.39, 0.29) is 12.0 Å². The van der Waals surface area contributed by atoms with Crippen molar-refractivity contribution < 1.29 is 9.53 Å². The Kier molecular flexibility index (Phi) is 4.53. The molecule has 5 nitrogen and oxygen atoms in total. The van der Waals surface area contributed by atoms with Gasteiger partial charge in [0, 0.05) is 5.69 Å². The third-order valence-electron chi connectivity index (χ3n) is 4.05. The van der Waals surface area contributed by atoms with Gasteiger partial charge in [0.1, 0.15) is 17.9 Å². The number of carbonyl (C=O) groups is 1. The molecule has 1 aliphatic heterocycles. The molecule has 1 amide bonds. The lowest BCUT2D eigenvalue weighted by Gasteiger charge is -2.38. The number of nitrogens with zero attached hydrogens (tertiary/aromatic N) is 1. The Morgan fingerprint density at radius 2 is 2.12 bits per heavy atom. The van der Waals surface area contributed by atoms with E-state index in [1.54, 1.807) is 18.2 Å². The molecule has 2 atom stereocenters. The first kappa shape index (κ1) is 16.5. The molecule has 0 fully saturated rings. The van der Waals surface area contributed by atoms with Crippen LogP contribution in [0.1, 0.15) is 13.8 Å². The summed E-state index contributed by atoms with van der Waals surface area (Å²) in [5.41, 5.74) is 7.96. The van der Waals surface area contributed by atoms with Crippen LogP contribution in [0.4, 0.5) is 17.1 Å². The van der Waals surface area contributed by atoms with Crippen LogP contribution in [0.5, 0.6) is 5.75 Å². The number of hydrogen-bond donors (Lipinski definition) is 2. The molecule has 0 bridgehead atoms. The highest BCUT2D eigenvalue weighted by Crippen LogP contribution is 2.36. The van der Waals surface area contributed by atoms with Gasteiger partial charge >= 0.3 is 0 Å². The molecule has 2 aromatic carbocycles. The van der Waals surface area contributed by atoms with Crippen LogP contribution in [0.15, 0.2) is 42.5 Å². The van der Waals surface area contributed by atoms with Crippen LogP contribution in [0, 0.1) is 0 Å². The minimum absolute atomic E-state index is 0.0170. The predicted octanol–water partition coefficient (Wildman–Crippen LogP) is 3.54. The summed E-state index contributed by atoms with van der Waals surface area (Å²) < 4.78 is 5.83. The largest absolute Gasteiger partial charge is 0.487 e. The van der Waals surface area contributed by atoms with E-state index in [9.17, 15) is 4.79 Å². The van der Waals surface area contributed by atoms with E-state index < -0.39 is 6.04 Å². The molecule has 0 aromatic heterocycles. The zero-order valence-corrected chi connectivity index (χ0v) is 14.4. The summed E-state index contributed by atoms with van der Waals surface area (Å²) in [6, 6.07) is 12.3. The molecule has 2 aromatic rings. The number of nitrogen functional groups attached to an aromatic ring is 1. The van der Waals surface area contributed by atoms with Crippen LogP contribution in [0.3, 0.4) is 0 Å². The molecule has 0 aliphatic carbocycles.